The van der Waals surface area contributed by atoms with E-state index in [9.17, 15) is 10.2 Å². The number of aliphatic hydroxyl groups is 2. The highest BCUT2D eigenvalue weighted by Crippen LogP contribution is 2.42. The van der Waals surface area contributed by atoms with Crippen molar-refractivity contribution in [3.63, 3.8) is 0 Å². The predicted molar refractivity (Wildman–Crippen MR) is 284 cm³/mol. The Morgan fingerprint density at radius 3 is 1.08 bits per heavy atom. The normalized spacial score (nSPS) is 13.8. The van der Waals surface area contributed by atoms with Gasteiger partial charge in [0.1, 0.15) is 26.4 Å². The molecule has 1 saturated heterocycles. The molecule has 8 rings (SSSR count). The molecule has 1 atom stereocenters. The summed E-state index contributed by atoms with van der Waals surface area (Å²) in [6.45, 7) is 2.60. The molecule has 1 heterocycles. The molecule has 2 N–H and O–H groups in total. The summed E-state index contributed by atoms with van der Waals surface area (Å²) in [5.74, 6) is 6.91. The second kappa shape index (κ2) is 27.5. The molecule has 406 valence electrons. The third kappa shape index (κ3) is 14.2. The first kappa shape index (κ1) is 55.0. The zero-order valence-electron chi connectivity index (χ0n) is 44.4. The second-order valence-electron chi connectivity index (χ2n) is 18.2. The van der Waals surface area contributed by atoms with E-state index in [1.165, 1.54) is 0 Å². The zero-order chi connectivity index (χ0) is 53.2. The maximum atomic E-state index is 9.60. The van der Waals surface area contributed by atoms with E-state index >= 15 is 0 Å². The van der Waals surface area contributed by atoms with E-state index in [2.05, 4.69) is 12.1 Å². The van der Waals surface area contributed by atoms with Crippen LogP contribution in [0.2, 0.25) is 0 Å². The molecule has 0 amide bonds. The first-order chi connectivity index (χ1) is 37.3. The average Bonchev–Trinajstić information content (AvgIpc) is 3.52. The Bertz CT molecular complexity index is 2770. The summed E-state index contributed by atoms with van der Waals surface area (Å²) in [5.41, 5.74) is 8.65. The Morgan fingerprint density at radius 1 is 0.382 bits per heavy atom. The molecule has 0 radical (unpaired) electrons. The maximum Gasteiger partial charge on any atom is 0.161 e. The van der Waals surface area contributed by atoms with Gasteiger partial charge < -0.3 is 76.5 Å². The van der Waals surface area contributed by atoms with E-state index in [4.69, 9.17) is 66.3 Å². The number of hydrogen-bond donors (Lipinski definition) is 2. The van der Waals surface area contributed by atoms with Crippen LogP contribution in [0.5, 0.6) is 69.0 Å². The summed E-state index contributed by atoms with van der Waals surface area (Å²) in [6, 6.07) is 28.7. The van der Waals surface area contributed by atoms with Crippen LogP contribution in [0, 0.1) is 0 Å². The van der Waals surface area contributed by atoms with Gasteiger partial charge in [-0.3, -0.25) is 0 Å². The minimum absolute atomic E-state index is 0.105. The van der Waals surface area contributed by atoms with Crippen molar-refractivity contribution in [2.75, 3.05) is 88.9 Å². The fraction of sp³-hybridized carbons (Fsp3) is 0.400. The van der Waals surface area contributed by atoms with Gasteiger partial charge in [0.05, 0.1) is 75.7 Å². The van der Waals surface area contributed by atoms with Crippen LogP contribution in [0.4, 0.5) is 0 Å². The molecule has 16 heteroatoms. The van der Waals surface area contributed by atoms with Gasteiger partial charge in [0.2, 0.25) is 0 Å². The van der Waals surface area contributed by atoms with Crippen molar-refractivity contribution in [1.82, 2.24) is 0 Å². The largest absolute Gasteiger partial charge is 0.493 e. The smallest absolute Gasteiger partial charge is 0.161 e. The van der Waals surface area contributed by atoms with Crippen LogP contribution in [-0.4, -0.2) is 105 Å². The van der Waals surface area contributed by atoms with Crippen LogP contribution in [0.1, 0.15) is 75.8 Å². The van der Waals surface area contributed by atoms with E-state index < -0.39 is 0 Å². The second-order valence-corrected chi connectivity index (χ2v) is 18.2. The molecule has 16 nitrogen and oxygen atoms in total. The monoisotopic (exact) mass is 1050 g/mol. The highest BCUT2D eigenvalue weighted by molar-refractivity contribution is 5.58. The quantitative estimate of drug-likeness (QED) is 0.0467. The third-order valence-electron chi connectivity index (χ3n) is 13.2. The van der Waals surface area contributed by atoms with Gasteiger partial charge in [0.15, 0.2) is 75.3 Å². The van der Waals surface area contributed by atoms with E-state index in [0.29, 0.717) is 114 Å². The molecule has 1 unspecified atom stereocenters. The van der Waals surface area contributed by atoms with Crippen LogP contribution < -0.4 is 56.8 Å². The maximum absolute atomic E-state index is 9.60. The zero-order valence-corrected chi connectivity index (χ0v) is 44.4. The lowest BCUT2D eigenvalue weighted by Crippen LogP contribution is -2.22. The van der Waals surface area contributed by atoms with Crippen molar-refractivity contribution >= 4 is 0 Å². The number of hydrogen-bond acceptors (Lipinski definition) is 16. The van der Waals surface area contributed by atoms with Crippen molar-refractivity contribution in [2.24, 2.45) is 0 Å². The highest BCUT2D eigenvalue weighted by atomic mass is 16.7. The van der Waals surface area contributed by atoms with Gasteiger partial charge >= 0.3 is 0 Å². The summed E-state index contributed by atoms with van der Waals surface area (Å²) < 4.78 is 83.9. The van der Waals surface area contributed by atoms with Crippen molar-refractivity contribution < 1.29 is 76.5 Å². The SMILES string of the molecule is COc1cc(COC2CCCCO2)ccc1OCCCOc1cc2c(cc1OC)Cc1cc(OCCOc3ccc(CO)cc3OC)c(OC)cc1Cc1cc(OCCOc3ccc(CO)cc3OC)c(OC)cc1C2. The van der Waals surface area contributed by atoms with Crippen molar-refractivity contribution in [1.29, 1.82) is 0 Å². The Hall–Kier alpha value is -7.24. The fourth-order valence-corrected chi connectivity index (χ4v) is 9.19. The van der Waals surface area contributed by atoms with Gasteiger partial charge in [-0.15, -0.1) is 0 Å². The number of fused-ring (bicyclic) bond motifs is 3. The van der Waals surface area contributed by atoms with E-state index in [-0.39, 0.29) is 45.9 Å². The highest BCUT2D eigenvalue weighted by Gasteiger charge is 2.24. The summed E-state index contributed by atoms with van der Waals surface area (Å²) >= 11 is 0. The minimum Gasteiger partial charge on any atom is -0.493 e. The summed E-state index contributed by atoms with van der Waals surface area (Å²) in [7, 11) is 9.67. The Labute approximate surface area is 445 Å². The van der Waals surface area contributed by atoms with Crippen LogP contribution >= 0.6 is 0 Å². The molecule has 1 aliphatic heterocycles. The average molecular weight is 1050 g/mol. The van der Waals surface area contributed by atoms with E-state index in [0.717, 1.165) is 75.9 Å². The van der Waals surface area contributed by atoms with Gasteiger partial charge in [0.25, 0.3) is 0 Å². The van der Waals surface area contributed by atoms with Gasteiger partial charge in [-0.2, -0.15) is 0 Å². The molecule has 0 saturated carbocycles. The van der Waals surface area contributed by atoms with Crippen molar-refractivity contribution in [3.8, 4) is 69.0 Å². The number of aliphatic hydroxyl groups excluding tert-OH is 2. The van der Waals surface area contributed by atoms with Crippen molar-refractivity contribution in [2.45, 2.75) is 71.1 Å². The van der Waals surface area contributed by atoms with Crippen LogP contribution in [0.25, 0.3) is 0 Å². The molecule has 0 aromatic heterocycles. The molecule has 76 heavy (non-hydrogen) atoms. The van der Waals surface area contributed by atoms with Crippen LogP contribution in [0.15, 0.2) is 91.0 Å². The molecule has 1 aliphatic carbocycles. The molecule has 1 fully saturated rings. The van der Waals surface area contributed by atoms with Crippen LogP contribution in [0.3, 0.4) is 0 Å². The number of methoxy groups -OCH3 is 6. The standard InChI is InChI=1S/C60H70O16/c1-63-51-24-39(36-61)11-14-49(51)71-20-22-73-58-34-46-28-42-30-54(66-4)57(70-19-9-18-69-48-16-13-41(26-53(48)65-3)38-76-60-10-7-8-17-75-60)33-45(42)27-43-31-55(67-5)59(35-47(43)29-44(46)32-56(58)68-6)74-23-21-72-50-15-12-40(37-62)25-52(50)64-2/h11-16,24-26,30-35,60-62H,7-10,17-23,27-29,36-38H2,1-6H3. The summed E-state index contributed by atoms with van der Waals surface area (Å²) in [5, 5.41) is 19.2. The van der Waals surface area contributed by atoms with Gasteiger partial charge in [-0.05, 0) is 161 Å². The molecule has 0 spiro atoms. The molecule has 2 aliphatic rings. The molecule has 6 aromatic carbocycles. The first-order valence-corrected chi connectivity index (χ1v) is 25.6. The summed E-state index contributed by atoms with van der Waals surface area (Å²) in [4.78, 5) is 0. The Kier molecular flexibility index (Phi) is 19.9. The number of benzene rings is 6. The predicted octanol–water partition coefficient (Wildman–Crippen LogP) is 9.62. The number of rotatable bonds is 27. The third-order valence-corrected chi connectivity index (χ3v) is 13.2. The van der Waals surface area contributed by atoms with Gasteiger partial charge in [-0.25, -0.2) is 0 Å². The lowest BCUT2D eigenvalue weighted by molar-refractivity contribution is -0.168. The Morgan fingerprint density at radius 2 is 0.711 bits per heavy atom. The molecular formula is C60H70O16. The van der Waals surface area contributed by atoms with E-state index in [1.807, 2.05) is 42.5 Å². The first-order valence-electron chi connectivity index (χ1n) is 25.6. The van der Waals surface area contributed by atoms with Crippen molar-refractivity contribution in [3.05, 3.63) is 141 Å². The number of ether oxygens (including phenoxy) is 14. The summed E-state index contributed by atoms with van der Waals surface area (Å²) in [6.07, 6.45) is 5.15. The lowest BCUT2D eigenvalue weighted by atomic mass is 9.94. The molecule has 6 aromatic rings. The lowest BCUT2D eigenvalue weighted by Gasteiger charge is -2.22. The fourth-order valence-electron chi connectivity index (χ4n) is 9.19. The molecule has 0 bridgehead atoms. The van der Waals surface area contributed by atoms with Gasteiger partial charge in [-0.1, -0.05) is 18.2 Å². The van der Waals surface area contributed by atoms with E-state index in [1.54, 1.807) is 79.1 Å². The van der Waals surface area contributed by atoms with Gasteiger partial charge in [0, 0.05) is 13.0 Å². The topological polar surface area (TPSA) is 170 Å². The minimum atomic E-state index is -0.175. The van der Waals surface area contributed by atoms with Crippen LogP contribution in [-0.2, 0) is 48.6 Å². The Balaban J connectivity index is 1.02. The molecular weight excluding hydrogens is 977 g/mol.